The number of hydrogen-bond donors (Lipinski definition) is 0. The monoisotopic (exact) mass is 162 g/mol. The van der Waals surface area contributed by atoms with Gasteiger partial charge in [0.15, 0.2) is 0 Å². The van der Waals surface area contributed by atoms with Crippen molar-refractivity contribution in [2.75, 3.05) is 0 Å². The van der Waals surface area contributed by atoms with Gasteiger partial charge in [-0.05, 0) is 11.6 Å². The van der Waals surface area contributed by atoms with E-state index in [-0.39, 0.29) is 18.0 Å². The van der Waals surface area contributed by atoms with Gasteiger partial charge in [-0.1, -0.05) is 24.3 Å². The highest BCUT2D eigenvalue weighted by molar-refractivity contribution is 5.43. The molecule has 2 heterocycles. The predicted octanol–water partition coefficient (Wildman–Crippen LogP) is 2.51. The zero-order valence-electron chi connectivity index (χ0n) is 6.33. The van der Waals surface area contributed by atoms with Crippen molar-refractivity contribution in [3.63, 3.8) is 0 Å². The summed E-state index contributed by atoms with van der Waals surface area (Å²) in [5, 5.41) is 0. The standard InChI is InChI=1S/C10H7FO/c11-7-3-1-2-6-8-4-5-9(12-8)10(6)7/h1-5,8-9H/t8-,9-/m1/s1. The van der Waals surface area contributed by atoms with E-state index in [1.54, 1.807) is 6.07 Å². The van der Waals surface area contributed by atoms with Crippen molar-refractivity contribution in [2.45, 2.75) is 12.2 Å². The Balaban J connectivity index is 2.30. The van der Waals surface area contributed by atoms with Gasteiger partial charge in [0, 0.05) is 5.56 Å². The highest BCUT2D eigenvalue weighted by Crippen LogP contribution is 2.46. The lowest BCUT2D eigenvalue weighted by Gasteiger charge is -2.06. The number of halogens is 1. The van der Waals surface area contributed by atoms with Crippen LogP contribution < -0.4 is 0 Å². The first-order valence-corrected chi connectivity index (χ1v) is 3.98. The van der Waals surface area contributed by atoms with E-state index in [1.807, 2.05) is 18.2 Å². The molecule has 2 heteroatoms. The van der Waals surface area contributed by atoms with Crippen molar-refractivity contribution >= 4 is 0 Å². The minimum absolute atomic E-state index is 0.000648. The van der Waals surface area contributed by atoms with E-state index < -0.39 is 0 Å². The lowest BCUT2D eigenvalue weighted by molar-refractivity contribution is 0.0867. The Bertz CT molecular complexity index is 370. The van der Waals surface area contributed by atoms with E-state index in [0.717, 1.165) is 11.1 Å². The van der Waals surface area contributed by atoms with Crippen LogP contribution in [0.25, 0.3) is 0 Å². The summed E-state index contributed by atoms with van der Waals surface area (Å²) in [5.74, 6) is -0.149. The van der Waals surface area contributed by atoms with Crippen molar-refractivity contribution in [3.8, 4) is 0 Å². The van der Waals surface area contributed by atoms with Gasteiger partial charge in [0.25, 0.3) is 0 Å². The number of ether oxygens (including phenoxy) is 1. The van der Waals surface area contributed by atoms with Crippen LogP contribution in [0.4, 0.5) is 4.39 Å². The molecule has 2 atom stereocenters. The highest BCUT2D eigenvalue weighted by atomic mass is 19.1. The number of fused-ring (bicyclic) bond motifs is 5. The smallest absolute Gasteiger partial charge is 0.129 e. The molecule has 3 rings (SSSR count). The molecule has 0 aromatic heterocycles. The molecule has 0 spiro atoms. The number of benzene rings is 1. The molecule has 0 saturated heterocycles. The van der Waals surface area contributed by atoms with Gasteiger partial charge in [0.2, 0.25) is 0 Å². The van der Waals surface area contributed by atoms with Crippen LogP contribution in [0.2, 0.25) is 0 Å². The average Bonchev–Trinajstić information content (AvgIpc) is 2.64. The van der Waals surface area contributed by atoms with Crippen LogP contribution in [0.3, 0.4) is 0 Å². The molecular formula is C10H7FO. The van der Waals surface area contributed by atoms with Crippen molar-refractivity contribution in [2.24, 2.45) is 0 Å². The first kappa shape index (κ1) is 6.38. The molecule has 2 aliphatic rings. The van der Waals surface area contributed by atoms with E-state index >= 15 is 0 Å². The molecule has 1 nitrogen and oxygen atoms in total. The number of hydrogen-bond acceptors (Lipinski definition) is 1. The van der Waals surface area contributed by atoms with Gasteiger partial charge < -0.3 is 4.74 Å². The Hall–Kier alpha value is -1.15. The van der Waals surface area contributed by atoms with Crippen LogP contribution in [0.15, 0.2) is 30.4 Å². The zero-order valence-corrected chi connectivity index (χ0v) is 6.33. The molecule has 0 saturated carbocycles. The zero-order chi connectivity index (χ0) is 8.13. The van der Waals surface area contributed by atoms with E-state index in [2.05, 4.69) is 0 Å². The summed E-state index contributed by atoms with van der Waals surface area (Å²) in [6, 6.07) is 5.13. The molecule has 0 N–H and O–H groups in total. The molecule has 0 aliphatic carbocycles. The second kappa shape index (κ2) is 1.96. The summed E-state index contributed by atoms with van der Waals surface area (Å²) < 4.78 is 18.7. The predicted molar refractivity (Wildman–Crippen MR) is 42.1 cm³/mol. The normalized spacial score (nSPS) is 29.4. The summed E-state index contributed by atoms with van der Waals surface area (Å²) in [4.78, 5) is 0. The van der Waals surface area contributed by atoms with Crippen LogP contribution in [-0.4, -0.2) is 0 Å². The topological polar surface area (TPSA) is 9.23 Å². The third-order valence-electron chi connectivity index (χ3n) is 2.43. The Labute approximate surface area is 69.5 Å². The summed E-state index contributed by atoms with van der Waals surface area (Å²) in [6.45, 7) is 0. The fraction of sp³-hybridized carbons (Fsp3) is 0.200. The van der Waals surface area contributed by atoms with Gasteiger partial charge in [-0.2, -0.15) is 0 Å². The van der Waals surface area contributed by atoms with Gasteiger partial charge in [-0.3, -0.25) is 0 Å². The minimum Gasteiger partial charge on any atom is -0.357 e. The summed E-state index contributed by atoms with van der Waals surface area (Å²) >= 11 is 0. The van der Waals surface area contributed by atoms with Crippen LogP contribution in [0.5, 0.6) is 0 Å². The first-order chi connectivity index (χ1) is 5.86. The molecule has 1 aromatic carbocycles. The van der Waals surface area contributed by atoms with Gasteiger partial charge in [0.05, 0.1) is 0 Å². The lowest BCUT2D eigenvalue weighted by atomic mass is 9.97. The molecule has 0 amide bonds. The van der Waals surface area contributed by atoms with Crippen molar-refractivity contribution in [1.82, 2.24) is 0 Å². The molecule has 0 radical (unpaired) electrons. The molecule has 0 unspecified atom stereocenters. The van der Waals surface area contributed by atoms with E-state index in [1.165, 1.54) is 6.07 Å². The van der Waals surface area contributed by atoms with Crippen LogP contribution in [0, 0.1) is 5.82 Å². The van der Waals surface area contributed by atoms with Gasteiger partial charge in [-0.25, -0.2) is 4.39 Å². The largest absolute Gasteiger partial charge is 0.357 e. The van der Waals surface area contributed by atoms with Crippen LogP contribution in [0.1, 0.15) is 23.3 Å². The van der Waals surface area contributed by atoms with Gasteiger partial charge in [0.1, 0.15) is 18.0 Å². The first-order valence-electron chi connectivity index (χ1n) is 3.98. The van der Waals surface area contributed by atoms with Crippen molar-refractivity contribution < 1.29 is 9.13 Å². The molecule has 60 valence electrons. The lowest BCUT2D eigenvalue weighted by Crippen LogP contribution is -1.95. The van der Waals surface area contributed by atoms with E-state index in [4.69, 9.17) is 4.74 Å². The molecule has 2 aliphatic heterocycles. The Kier molecular flexibility index (Phi) is 1.04. The second-order valence-corrected chi connectivity index (χ2v) is 3.10. The van der Waals surface area contributed by atoms with Gasteiger partial charge in [-0.15, -0.1) is 0 Å². The van der Waals surface area contributed by atoms with E-state index in [0.29, 0.717) is 0 Å². The number of rotatable bonds is 0. The summed E-state index contributed by atoms with van der Waals surface area (Å²) in [7, 11) is 0. The molecular weight excluding hydrogens is 155 g/mol. The maximum absolute atomic E-state index is 13.2. The van der Waals surface area contributed by atoms with E-state index in [9.17, 15) is 4.39 Å². The quantitative estimate of drug-likeness (QED) is 0.532. The molecule has 1 aromatic rings. The Morgan fingerprint density at radius 2 is 2.00 bits per heavy atom. The maximum atomic E-state index is 13.2. The Morgan fingerprint density at radius 3 is 2.83 bits per heavy atom. The second-order valence-electron chi connectivity index (χ2n) is 3.10. The fourth-order valence-electron chi connectivity index (χ4n) is 1.89. The third kappa shape index (κ3) is 0.612. The minimum atomic E-state index is -0.149. The maximum Gasteiger partial charge on any atom is 0.129 e. The summed E-state index contributed by atoms with van der Waals surface area (Å²) in [6.07, 6.45) is 3.76. The van der Waals surface area contributed by atoms with Crippen molar-refractivity contribution in [3.05, 3.63) is 47.3 Å². The van der Waals surface area contributed by atoms with Gasteiger partial charge >= 0.3 is 0 Å². The average molecular weight is 162 g/mol. The van der Waals surface area contributed by atoms with Crippen LogP contribution >= 0.6 is 0 Å². The van der Waals surface area contributed by atoms with Crippen molar-refractivity contribution in [1.29, 1.82) is 0 Å². The fourth-order valence-corrected chi connectivity index (χ4v) is 1.89. The van der Waals surface area contributed by atoms with Crippen LogP contribution in [-0.2, 0) is 4.74 Å². The third-order valence-corrected chi connectivity index (χ3v) is 2.43. The molecule has 2 bridgehead atoms. The Morgan fingerprint density at radius 1 is 1.17 bits per heavy atom. The molecule has 12 heavy (non-hydrogen) atoms. The molecule has 0 fully saturated rings. The highest BCUT2D eigenvalue weighted by Gasteiger charge is 2.35. The summed E-state index contributed by atoms with van der Waals surface area (Å²) in [5.41, 5.74) is 1.72. The SMILES string of the molecule is Fc1cccc2c1[C@H]1C=C[C@H]2O1.